The van der Waals surface area contributed by atoms with Gasteiger partial charge in [-0.1, -0.05) is 30.3 Å². The number of benzene rings is 1. The maximum atomic E-state index is 7.19. The van der Waals surface area contributed by atoms with E-state index >= 15 is 0 Å². The second-order valence-electron chi connectivity index (χ2n) is 2.12. The molecule has 0 radical (unpaired) electrons. The summed E-state index contributed by atoms with van der Waals surface area (Å²) in [5.41, 5.74) is 6.68. The Hall–Kier alpha value is -0.820. The molecule has 0 aliphatic rings. The first-order chi connectivity index (χ1) is 4.70. The van der Waals surface area contributed by atoms with Crippen molar-refractivity contribution < 1.29 is 1.37 Å². The van der Waals surface area contributed by atoms with E-state index in [1.54, 1.807) is 12.1 Å². The molecule has 0 bridgehead atoms. The Morgan fingerprint density at radius 2 is 2.11 bits per heavy atom. The monoisotopic (exact) mass is 122 g/mol. The van der Waals surface area contributed by atoms with Crippen molar-refractivity contribution in [3.8, 4) is 0 Å². The van der Waals surface area contributed by atoms with Gasteiger partial charge in [0.1, 0.15) is 0 Å². The molecule has 0 aromatic heterocycles. The topological polar surface area (TPSA) is 26.0 Å². The Balaban J connectivity index is 2.89. The van der Waals surface area contributed by atoms with Crippen molar-refractivity contribution in [3.63, 3.8) is 0 Å². The van der Waals surface area contributed by atoms with E-state index in [0.717, 1.165) is 5.56 Å². The fourth-order valence-corrected chi connectivity index (χ4v) is 0.703. The van der Waals surface area contributed by atoms with Crippen LogP contribution in [0.25, 0.3) is 0 Å². The number of nitrogens with two attached hydrogens (primary N) is 1. The Morgan fingerprint density at radius 1 is 1.56 bits per heavy atom. The van der Waals surface area contributed by atoms with Gasteiger partial charge in [-0.2, -0.15) is 0 Å². The van der Waals surface area contributed by atoms with Gasteiger partial charge in [-0.3, -0.25) is 0 Å². The van der Waals surface area contributed by atoms with Crippen LogP contribution in [-0.4, -0.2) is 0 Å². The quantitative estimate of drug-likeness (QED) is 0.603. The summed E-state index contributed by atoms with van der Waals surface area (Å²) in [6, 6.07) is 7.86. The first-order valence-corrected chi connectivity index (χ1v) is 3.02. The van der Waals surface area contributed by atoms with E-state index in [4.69, 9.17) is 7.10 Å². The van der Waals surface area contributed by atoms with E-state index in [1.807, 2.05) is 19.1 Å². The van der Waals surface area contributed by atoms with Gasteiger partial charge in [0.2, 0.25) is 0 Å². The molecule has 0 spiro atoms. The van der Waals surface area contributed by atoms with Crippen molar-refractivity contribution >= 4 is 0 Å². The highest BCUT2D eigenvalue weighted by Crippen LogP contribution is 2.06. The molecule has 0 saturated heterocycles. The molecule has 1 heteroatoms. The average Bonchev–Trinajstić information content (AvgIpc) is 1.88. The zero-order valence-electron chi connectivity index (χ0n) is 6.46. The lowest BCUT2D eigenvalue weighted by molar-refractivity contribution is 0.818. The lowest BCUT2D eigenvalue weighted by atomic mass is 10.1. The van der Waals surface area contributed by atoms with Gasteiger partial charge in [-0.15, -0.1) is 0 Å². The van der Waals surface area contributed by atoms with Crippen LogP contribution in [0.3, 0.4) is 0 Å². The molecular formula is C8H11N. The molecule has 48 valence electrons. The van der Waals surface area contributed by atoms with Crippen molar-refractivity contribution in [2.45, 2.75) is 13.0 Å². The van der Waals surface area contributed by atoms with Crippen LogP contribution in [0, 0.1) is 0 Å². The summed E-state index contributed by atoms with van der Waals surface area (Å²) in [4.78, 5) is 0. The molecule has 0 fully saturated rings. The lowest BCUT2D eigenvalue weighted by Crippen LogP contribution is -2.03. The molecule has 1 atom stereocenters. The minimum absolute atomic E-state index is 0.0700. The summed E-state index contributed by atoms with van der Waals surface area (Å²) in [5.74, 6) is 0. The zero-order valence-corrected chi connectivity index (χ0v) is 5.46. The molecule has 0 unspecified atom stereocenters. The summed E-state index contributed by atoms with van der Waals surface area (Å²) >= 11 is 0. The van der Waals surface area contributed by atoms with Gasteiger partial charge in [0.15, 0.2) is 0 Å². The van der Waals surface area contributed by atoms with E-state index < -0.39 is 0 Å². The van der Waals surface area contributed by atoms with Gasteiger partial charge in [0, 0.05) is 6.04 Å². The molecule has 9 heavy (non-hydrogen) atoms. The standard InChI is InChI=1S/C8H11N/c1-7(9)8-5-3-2-4-6-8/h2-7H,9H2,1H3/t7-/m0/s1/i2D. The first-order valence-electron chi connectivity index (χ1n) is 3.52. The fraction of sp³-hybridized carbons (Fsp3) is 0.250. The molecule has 1 nitrogen and oxygen atoms in total. The van der Waals surface area contributed by atoms with Gasteiger partial charge in [-0.25, -0.2) is 0 Å². The van der Waals surface area contributed by atoms with Crippen LogP contribution in [0.2, 0.25) is 0 Å². The van der Waals surface area contributed by atoms with Gasteiger partial charge in [-0.05, 0) is 12.5 Å². The van der Waals surface area contributed by atoms with Crippen LogP contribution in [-0.2, 0) is 0 Å². The van der Waals surface area contributed by atoms with Crippen molar-refractivity contribution in [2.24, 2.45) is 5.73 Å². The molecular weight excluding hydrogens is 110 g/mol. The summed E-state index contributed by atoms with van der Waals surface area (Å²) in [7, 11) is 0. The third-order valence-corrected chi connectivity index (χ3v) is 1.27. The van der Waals surface area contributed by atoms with Gasteiger partial charge >= 0.3 is 0 Å². The van der Waals surface area contributed by atoms with Crippen LogP contribution in [0.15, 0.2) is 30.3 Å². The second kappa shape index (κ2) is 2.65. The van der Waals surface area contributed by atoms with Crippen molar-refractivity contribution in [1.29, 1.82) is 0 Å². The first kappa shape index (κ1) is 5.00. The maximum absolute atomic E-state index is 7.19. The smallest absolute Gasteiger partial charge is 0.0623 e. The maximum Gasteiger partial charge on any atom is 0.0623 e. The molecule has 1 aromatic carbocycles. The van der Waals surface area contributed by atoms with E-state index in [1.165, 1.54) is 0 Å². The second-order valence-corrected chi connectivity index (χ2v) is 2.12. The number of hydrogen-bond acceptors (Lipinski definition) is 1. The highest BCUT2D eigenvalue weighted by atomic mass is 14.6. The van der Waals surface area contributed by atoms with Gasteiger partial charge < -0.3 is 5.73 Å². The third-order valence-electron chi connectivity index (χ3n) is 1.27. The predicted molar refractivity (Wildman–Crippen MR) is 39.0 cm³/mol. The summed E-state index contributed by atoms with van der Waals surface area (Å²) < 4.78 is 7.19. The van der Waals surface area contributed by atoms with Crippen LogP contribution in [0.4, 0.5) is 0 Å². The Kier molecular flexibility index (Phi) is 1.47. The van der Waals surface area contributed by atoms with Crippen LogP contribution < -0.4 is 5.73 Å². The molecule has 0 aliphatic carbocycles. The Labute approximate surface area is 56.9 Å². The fourth-order valence-electron chi connectivity index (χ4n) is 0.703. The number of hydrogen-bond donors (Lipinski definition) is 1. The van der Waals surface area contributed by atoms with Crippen molar-refractivity contribution in [3.05, 3.63) is 35.9 Å². The molecule has 0 aliphatic heterocycles. The normalized spacial score (nSPS) is 14.7. The van der Waals surface area contributed by atoms with Crippen LogP contribution in [0.1, 0.15) is 19.9 Å². The van der Waals surface area contributed by atoms with Gasteiger partial charge in [0.05, 0.1) is 1.37 Å². The Bertz CT molecular complexity index is 203. The van der Waals surface area contributed by atoms with Gasteiger partial charge in [0.25, 0.3) is 0 Å². The van der Waals surface area contributed by atoms with E-state index in [2.05, 4.69) is 0 Å². The highest BCUT2D eigenvalue weighted by Gasteiger charge is 1.93. The summed E-state index contributed by atoms with van der Waals surface area (Å²) in [6.45, 7) is 1.93. The van der Waals surface area contributed by atoms with E-state index in [9.17, 15) is 0 Å². The molecule has 0 heterocycles. The summed E-state index contributed by atoms with van der Waals surface area (Å²) in [5, 5.41) is 0. The molecule has 0 saturated carbocycles. The average molecular weight is 122 g/mol. The molecule has 2 N–H and O–H groups in total. The zero-order chi connectivity index (χ0) is 7.56. The van der Waals surface area contributed by atoms with Crippen molar-refractivity contribution in [2.75, 3.05) is 0 Å². The largest absolute Gasteiger partial charge is 0.324 e. The highest BCUT2D eigenvalue weighted by molar-refractivity contribution is 5.17. The van der Waals surface area contributed by atoms with E-state index in [-0.39, 0.29) is 6.04 Å². The number of rotatable bonds is 1. The predicted octanol–water partition coefficient (Wildman–Crippen LogP) is 1.71. The molecule has 0 amide bonds. The van der Waals surface area contributed by atoms with Crippen molar-refractivity contribution in [1.82, 2.24) is 0 Å². The Morgan fingerprint density at radius 3 is 2.56 bits per heavy atom. The molecule has 1 aromatic rings. The molecule has 1 rings (SSSR count). The van der Waals surface area contributed by atoms with Crippen LogP contribution in [0.5, 0.6) is 0 Å². The SMILES string of the molecule is [2H]c1ccc([C@H](C)N)cc1. The van der Waals surface area contributed by atoms with Crippen LogP contribution >= 0.6 is 0 Å². The van der Waals surface area contributed by atoms with E-state index in [0.29, 0.717) is 6.04 Å². The lowest BCUT2D eigenvalue weighted by Gasteiger charge is -2.02. The summed E-state index contributed by atoms with van der Waals surface area (Å²) in [6.07, 6.45) is 0. The minimum Gasteiger partial charge on any atom is -0.324 e. The third kappa shape index (κ3) is 1.54. The minimum atomic E-state index is 0.0700.